The van der Waals surface area contributed by atoms with Gasteiger partial charge in [-0.2, -0.15) is 0 Å². The summed E-state index contributed by atoms with van der Waals surface area (Å²) in [4.78, 5) is 27.3. The van der Waals surface area contributed by atoms with E-state index in [1.807, 2.05) is 0 Å². The van der Waals surface area contributed by atoms with E-state index in [1.165, 1.54) is 11.3 Å². The normalized spacial score (nSPS) is 18.5. The first-order valence-electron chi connectivity index (χ1n) is 6.57. The minimum Gasteiger partial charge on any atom is -0.372 e. The van der Waals surface area contributed by atoms with Gasteiger partial charge in [0.2, 0.25) is 0 Å². The lowest BCUT2D eigenvalue weighted by molar-refractivity contribution is -0.0243. The van der Waals surface area contributed by atoms with Crippen molar-refractivity contribution < 1.29 is 9.53 Å². The number of amides is 1. The van der Waals surface area contributed by atoms with E-state index in [1.54, 1.807) is 36.0 Å². The number of morpholine rings is 1. The standard InChI is InChI=1S/C13H15N5O2S/c1-14-12-11(16-2-3-17-12)9-7-18(4-5-20-9)13(19)10-6-15-8-21-10/h2-3,6,8-9H,4-5,7H2,1H3,(H,14,17)/t9-/m1/s1. The Kier molecular flexibility index (Phi) is 4.07. The maximum absolute atomic E-state index is 12.4. The number of nitrogens with one attached hydrogen (secondary N) is 1. The molecule has 0 bridgehead atoms. The number of nitrogens with zero attached hydrogens (tertiary/aromatic N) is 4. The topological polar surface area (TPSA) is 80.2 Å². The molecule has 2 aromatic heterocycles. The number of ether oxygens (including phenoxy) is 1. The molecule has 7 nitrogen and oxygen atoms in total. The molecule has 0 aliphatic carbocycles. The third kappa shape index (κ3) is 2.86. The highest BCUT2D eigenvalue weighted by molar-refractivity contribution is 7.11. The molecular weight excluding hydrogens is 290 g/mol. The van der Waals surface area contributed by atoms with Crippen molar-refractivity contribution in [1.29, 1.82) is 0 Å². The van der Waals surface area contributed by atoms with Crippen molar-refractivity contribution in [2.45, 2.75) is 6.10 Å². The van der Waals surface area contributed by atoms with E-state index in [0.29, 0.717) is 30.4 Å². The first-order valence-corrected chi connectivity index (χ1v) is 7.45. The van der Waals surface area contributed by atoms with E-state index in [0.717, 1.165) is 5.69 Å². The van der Waals surface area contributed by atoms with Gasteiger partial charge in [-0.25, -0.2) is 4.98 Å². The second kappa shape index (κ2) is 6.15. The van der Waals surface area contributed by atoms with Crippen molar-refractivity contribution in [2.24, 2.45) is 0 Å². The largest absolute Gasteiger partial charge is 0.372 e. The number of hydrogen-bond acceptors (Lipinski definition) is 7. The van der Waals surface area contributed by atoms with Gasteiger partial charge in [-0.15, -0.1) is 11.3 Å². The third-order valence-electron chi connectivity index (χ3n) is 3.27. The van der Waals surface area contributed by atoms with Crippen molar-refractivity contribution in [3.63, 3.8) is 0 Å². The summed E-state index contributed by atoms with van der Waals surface area (Å²) >= 11 is 1.35. The number of thiazole rings is 1. The molecule has 0 spiro atoms. The van der Waals surface area contributed by atoms with Crippen LogP contribution in [0.2, 0.25) is 0 Å². The predicted octanol–water partition coefficient (Wildman–Crippen LogP) is 1.19. The van der Waals surface area contributed by atoms with Crippen LogP contribution in [0.15, 0.2) is 24.1 Å². The number of carbonyl (C=O) groups excluding carboxylic acids is 1. The van der Waals surface area contributed by atoms with Crippen LogP contribution in [0.25, 0.3) is 0 Å². The van der Waals surface area contributed by atoms with Crippen LogP contribution in [0, 0.1) is 0 Å². The Morgan fingerprint density at radius 3 is 3.10 bits per heavy atom. The van der Waals surface area contributed by atoms with Crippen molar-refractivity contribution in [3.8, 4) is 0 Å². The lowest BCUT2D eigenvalue weighted by Crippen LogP contribution is -2.42. The Balaban J connectivity index is 1.78. The van der Waals surface area contributed by atoms with Gasteiger partial charge in [0.05, 0.1) is 24.9 Å². The molecule has 21 heavy (non-hydrogen) atoms. The first kappa shape index (κ1) is 13.9. The summed E-state index contributed by atoms with van der Waals surface area (Å²) in [6, 6.07) is 0. The fraction of sp³-hybridized carbons (Fsp3) is 0.385. The van der Waals surface area contributed by atoms with Gasteiger partial charge in [0.1, 0.15) is 22.5 Å². The Morgan fingerprint density at radius 1 is 1.48 bits per heavy atom. The molecule has 1 amide bonds. The highest BCUT2D eigenvalue weighted by atomic mass is 32.1. The second-order valence-electron chi connectivity index (χ2n) is 4.52. The zero-order valence-electron chi connectivity index (χ0n) is 11.5. The van der Waals surface area contributed by atoms with Gasteiger partial charge in [0.25, 0.3) is 5.91 Å². The Hall–Kier alpha value is -2.06. The second-order valence-corrected chi connectivity index (χ2v) is 5.40. The summed E-state index contributed by atoms with van der Waals surface area (Å²) in [5.74, 6) is 0.662. The zero-order valence-corrected chi connectivity index (χ0v) is 12.3. The number of hydrogen-bond donors (Lipinski definition) is 1. The molecule has 110 valence electrons. The molecule has 1 fully saturated rings. The Labute approximate surface area is 126 Å². The average molecular weight is 305 g/mol. The number of aromatic nitrogens is 3. The molecule has 0 radical (unpaired) electrons. The van der Waals surface area contributed by atoms with E-state index in [4.69, 9.17) is 4.74 Å². The SMILES string of the molecule is CNc1nccnc1[C@H]1CN(C(=O)c2cncs2)CCO1. The number of rotatable bonds is 3. The van der Waals surface area contributed by atoms with Gasteiger partial charge in [-0.1, -0.05) is 0 Å². The highest BCUT2D eigenvalue weighted by Crippen LogP contribution is 2.26. The van der Waals surface area contributed by atoms with Gasteiger partial charge in [0.15, 0.2) is 0 Å². The minimum atomic E-state index is -0.272. The van der Waals surface area contributed by atoms with Crippen LogP contribution in [-0.2, 0) is 4.74 Å². The molecule has 0 aromatic carbocycles. The summed E-state index contributed by atoms with van der Waals surface area (Å²) in [5.41, 5.74) is 2.38. The average Bonchev–Trinajstić information content (AvgIpc) is 3.08. The molecule has 3 rings (SSSR count). The minimum absolute atomic E-state index is 0.0132. The lowest BCUT2D eigenvalue weighted by atomic mass is 10.2. The maximum Gasteiger partial charge on any atom is 0.265 e. The highest BCUT2D eigenvalue weighted by Gasteiger charge is 2.29. The van der Waals surface area contributed by atoms with Crippen molar-refractivity contribution >= 4 is 23.1 Å². The molecule has 1 aliphatic heterocycles. The maximum atomic E-state index is 12.4. The van der Waals surface area contributed by atoms with Crippen LogP contribution < -0.4 is 5.32 Å². The van der Waals surface area contributed by atoms with Gasteiger partial charge in [-0.3, -0.25) is 14.8 Å². The van der Waals surface area contributed by atoms with Crippen molar-refractivity contribution in [2.75, 3.05) is 32.1 Å². The summed E-state index contributed by atoms with van der Waals surface area (Å²) in [6.07, 6.45) is 4.58. The van der Waals surface area contributed by atoms with Crippen LogP contribution in [0.4, 0.5) is 5.82 Å². The number of carbonyl (C=O) groups is 1. The summed E-state index contributed by atoms with van der Waals surface area (Å²) in [7, 11) is 1.79. The van der Waals surface area contributed by atoms with E-state index < -0.39 is 0 Å². The summed E-state index contributed by atoms with van der Waals surface area (Å²) < 4.78 is 5.76. The molecule has 1 aliphatic rings. The van der Waals surface area contributed by atoms with Gasteiger partial charge in [0, 0.05) is 26.0 Å². The van der Waals surface area contributed by atoms with Crippen molar-refractivity contribution in [3.05, 3.63) is 34.7 Å². The molecule has 1 atom stereocenters. The molecule has 0 saturated carbocycles. The van der Waals surface area contributed by atoms with Gasteiger partial charge >= 0.3 is 0 Å². The lowest BCUT2D eigenvalue weighted by Gasteiger charge is -2.32. The zero-order chi connectivity index (χ0) is 14.7. The van der Waals surface area contributed by atoms with E-state index in [2.05, 4.69) is 20.3 Å². The van der Waals surface area contributed by atoms with Crippen molar-refractivity contribution in [1.82, 2.24) is 19.9 Å². The van der Waals surface area contributed by atoms with Crippen LogP contribution in [0.5, 0.6) is 0 Å². The third-order valence-corrected chi connectivity index (χ3v) is 4.03. The smallest absolute Gasteiger partial charge is 0.265 e. The first-order chi connectivity index (χ1) is 10.3. The van der Waals surface area contributed by atoms with Gasteiger partial charge < -0.3 is 15.0 Å². The monoisotopic (exact) mass is 305 g/mol. The molecule has 1 saturated heterocycles. The van der Waals surface area contributed by atoms with E-state index in [9.17, 15) is 4.79 Å². The van der Waals surface area contributed by atoms with E-state index >= 15 is 0 Å². The fourth-order valence-corrected chi connectivity index (χ4v) is 2.84. The van der Waals surface area contributed by atoms with E-state index in [-0.39, 0.29) is 12.0 Å². The van der Waals surface area contributed by atoms with Gasteiger partial charge in [-0.05, 0) is 0 Å². The molecule has 8 heteroatoms. The Bertz CT molecular complexity index is 619. The molecule has 1 N–H and O–H groups in total. The van der Waals surface area contributed by atoms with Crippen LogP contribution >= 0.6 is 11.3 Å². The quantitative estimate of drug-likeness (QED) is 0.917. The van der Waals surface area contributed by atoms with Crippen LogP contribution in [0.1, 0.15) is 21.5 Å². The Morgan fingerprint density at radius 2 is 2.33 bits per heavy atom. The van der Waals surface area contributed by atoms with Crippen LogP contribution in [-0.4, -0.2) is 52.5 Å². The molecule has 0 unspecified atom stereocenters. The predicted molar refractivity (Wildman–Crippen MR) is 78.3 cm³/mol. The number of anilines is 1. The summed E-state index contributed by atoms with van der Waals surface area (Å²) in [6.45, 7) is 1.52. The molecular formula is C13H15N5O2S. The molecule has 3 heterocycles. The molecule has 2 aromatic rings. The van der Waals surface area contributed by atoms with Crippen LogP contribution in [0.3, 0.4) is 0 Å². The summed E-state index contributed by atoms with van der Waals surface area (Å²) in [5, 5.41) is 3.00. The fourth-order valence-electron chi connectivity index (χ4n) is 2.25.